The largest absolute Gasteiger partial charge is 0.451 e. The number of thioether (sulfide) groups is 1. The Morgan fingerprint density at radius 3 is 2.77 bits per heavy atom. The molecule has 130 valence electrons. The molecule has 3 heterocycles. The number of furan rings is 1. The number of aromatic nitrogens is 1. The Morgan fingerprint density at radius 2 is 1.96 bits per heavy atom. The van der Waals surface area contributed by atoms with E-state index in [4.69, 9.17) is 4.42 Å². The maximum Gasteiger partial charge on any atom is 0.287 e. The monoisotopic (exact) mass is 380 g/mol. The number of benzene rings is 1. The molecule has 3 aromatic heterocycles. The van der Waals surface area contributed by atoms with Crippen molar-refractivity contribution in [2.45, 2.75) is 16.5 Å². The second-order valence-corrected chi connectivity index (χ2v) is 7.89. The summed E-state index contributed by atoms with van der Waals surface area (Å²) < 4.78 is 7.11. The molecule has 26 heavy (non-hydrogen) atoms. The minimum absolute atomic E-state index is 0.195. The highest BCUT2D eigenvalue weighted by atomic mass is 32.2. The van der Waals surface area contributed by atoms with Gasteiger partial charge >= 0.3 is 0 Å². The van der Waals surface area contributed by atoms with Crippen molar-refractivity contribution in [3.05, 3.63) is 83.2 Å². The first kappa shape index (κ1) is 16.9. The highest BCUT2D eigenvalue weighted by Crippen LogP contribution is 2.33. The van der Waals surface area contributed by atoms with E-state index in [1.807, 2.05) is 42.5 Å². The number of hydrogen-bond donors (Lipinski definition) is 1. The van der Waals surface area contributed by atoms with Crippen molar-refractivity contribution in [1.29, 1.82) is 0 Å². The van der Waals surface area contributed by atoms with Gasteiger partial charge in [0.15, 0.2) is 5.76 Å². The minimum atomic E-state index is -0.195. The number of pyridine rings is 1. The van der Waals surface area contributed by atoms with Crippen LogP contribution in [0.2, 0.25) is 0 Å². The molecule has 0 saturated carbocycles. The molecule has 0 aliphatic carbocycles. The SMILES string of the molecule is O=C(NCc1ccncc1)c1oc2ccccc2c1CSc1cccs1. The molecular formula is C20H16N2O2S2. The van der Waals surface area contributed by atoms with Crippen LogP contribution in [0.25, 0.3) is 11.0 Å². The Balaban J connectivity index is 1.58. The standard InChI is InChI=1S/C20H16N2O2S2/c23-20(22-12-14-7-9-21-10-8-14)19-16(13-26-18-6-3-11-25-18)15-4-1-2-5-17(15)24-19/h1-11H,12-13H2,(H,22,23). The van der Waals surface area contributed by atoms with Gasteiger partial charge in [0, 0.05) is 35.6 Å². The lowest BCUT2D eigenvalue weighted by atomic mass is 10.1. The van der Waals surface area contributed by atoms with Gasteiger partial charge in [0.25, 0.3) is 5.91 Å². The zero-order valence-corrected chi connectivity index (χ0v) is 15.5. The molecule has 6 heteroatoms. The van der Waals surface area contributed by atoms with Gasteiger partial charge in [-0.25, -0.2) is 0 Å². The summed E-state index contributed by atoms with van der Waals surface area (Å²) in [7, 11) is 0. The highest BCUT2D eigenvalue weighted by Gasteiger charge is 2.20. The van der Waals surface area contributed by atoms with Crippen molar-refractivity contribution in [3.63, 3.8) is 0 Å². The van der Waals surface area contributed by atoms with Crippen LogP contribution in [0.15, 0.2) is 74.9 Å². The first-order valence-corrected chi connectivity index (χ1v) is 10.0. The molecule has 0 saturated heterocycles. The normalized spacial score (nSPS) is 10.9. The topological polar surface area (TPSA) is 55.1 Å². The van der Waals surface area contributed by atoms with Crippen molar-refractivity contribution in [3.8, 4) is 0 Å². The maximum atomic E-state index is 12.7. The van der Waals surface area contributed by atoms with Crippen molar-refractivity contribution >= 4 is 40.0 Å². The van der Waals surface area contributed by atoms with Crippen LogP contribution >= 0.6 is 23.1 Å². The second kappa shape index (κ2) is 7.76. The molecule has 1 N–H and O–H groups in total. The van der Waals surface area contributed by atoms with Gasteiger partial charge < -0.3 is 9.73 Å². The average Bonchev–Trinajstić information content (AvgIpc) is 3.33. The fraction of sp³-hybridized carbons (Fsp3) is 0.100. The van der Waals surface area contributed by atoms with Crippen LogP contribution in [-0.4, -0.2) is 10.9 Å². The quantitative estimate of drug-likeness (QED) is 0.472. The van der Waals surface area contributed by atoms with Gasteiger partial charge in [-0.15, -0.1) is 23.1 Å². The number of rotatable bonds is 6. The van der Waals surface area contributed by atoms with Gasteiger partial charge in [0.05, 0.1) is 4.21 Å². The summed E-state index contributed by atoms with van der Waals surface area (Å²) in [6, 6.07) is 15.7. The molecule has 1 aromatic carbocycles. The minimum Gasteiger partial charge on any atom is -0.451 e. The summed E-state index contributed by atoms with van der Waals surface area (Å²) in [4.78, 5) is 16.7. The highest BCUT2D eigenvalue weighted by molar-refractivity contribution is 8.00. The van der Waals surface area contributed by atoms with Gasteiger partial charge in [-0.3, -0.25) is 9.78 Å². The molecule has 0 fully saturated rings. The summed E-state index contributed by atoms with van der Waals surface area (Å²) in [5.41, 5.74) is 2.67. The Bertz CT molecular complexity index is 1010. The summed E-state index contributed by atoms with van der Waals surface area (Å²) in [5, 5.41) is 5.99. The van der Waals surface area contributed by atoms with Gasteiger partial charge in [-0.2, -0.15) is 0 Å². The fourth-order valence-corrected chi connectivity index (χ4v) is 4.49. The van der Waals surface area contributed by atoms with Crippen LogP contribution in [0, 0.1) is 0 Å². The molecular weight excluding hydrogens is 364 g/mol. The smallest absolute Gasteiger partial charge is 0.287 e. The molecule has 1 amide bonds. The van der Waals surface area contributed by atoms with Crippen LogP contribution < -0.4 is 5.32 Å². The number of para-hydroxylation sites is 1. The average molecular weight is 380 g/mol. The Morgan fingerprint density at radius 1 is 1.12 bits per heavy atom. The van der Waals surface area contributed by atoms with Crippen molar-refractivity contribution < 1.29 is 9.21 Å². The lowest BCUT2D eigenvalue weighted by Gasteiger charge is -2.05. The first-order valence-electron chi connectivity index (χ1n) is 8.15. The van der Waals surface area contributed by atoms with Gasteiger partial charge in [0.2, 0.25) is 0 Å². The number of nitrogens with one attached hydrogen (secondary N) is 1. The predicted octanol–water partition coefficient (Wildman–Crippen LogP) is 5.11. The van der Waals surface area contributed by atoms with E-state index in [1.54, 1.807) is 35.5 Å². The summed E-state index contributed by atoms with van der Waals surface area (Å²) >= 11 is 3.41. The maximum absolute atomic E-state index is 12.7. The predicted molar refractivity (Wildman–Crippen MR) is 106 cm³/mol. The Hall–Kier alpha value is -2.57. The molecule has 4 aromatic rings. The zero-order valence-electron chi connectivity index (χ0n) is 13.8. The lowest BCUT2D eigenvalue weighted by molar-refractivity contribution is 0.0924. The second-order valence-electron chi connectivity index (χ2n) is 5.66. The van der Waals surface area contributed by atoms with Crippen molar-refractivity contribution in [2.24, 2.45) is 0 Å². The molecule has 0 aliphatic heterocycles. The number of hydrogen-bond acceptors (Lipinski definition) is 5. The van der Waals surface area contributed by atoms with E-state index in [2.05, 4.69) is 21.7 Å². The van der Waals surface area contributed by atoms with Crippen LogP contribution in [0.5, 0.6) is 0 Å². The zero-order chi connectivity index (χ0) is 17.8. The number of carbonyl (C=O) groups is 1. The molecule has 0 bridgehead atoms. The van der Waals surface area contributed by atoms with Crippen LogP contribution in [-0.2, 0) is 12.3 Å². The third-order valence-electron chi connectivity index (χ3n) is 3.96. The summed E-state index contributed by atoms with van der Waals surface area (Å²) in [5.74, 6) is 0.888. The van der Waals surface area contributed by atoms with E-state index in [-0.39, 0.29) is 5.91 Å². The Labute approximate surface area is 159 Å². The molecule has 0 atom stereocenters. The van der Waals surface area contributed by atoms with Crippen LogP contribution in [0.4, 0.5) is 0 Å². The number of thiophene rings is 1. The van der Waals surface area contributed by atoms with Gasteiger partial charge in [-0.05, 0) is 35.2 Å². The fourth-order valence-electron chi connectivity index (χ4n) is 2.68. The van der Waals surface area contributed by atoms with E-state index in [9.17, 15) is 4.79 Å². The number of fused-ring (bicyclic) bond motifs is 1. The van der Waals surface area contributed by atoms with E-state index in [0.717, 1.165) is 22.1 Å². The van der Waals surface area contributed by atoms with E-state index >= 15 is 0 Å². The number of amides is 1. The Kier molecular flexibility index (Phi) is 5.04. The van der Waals surface area contributed by atoms with Crippen LogP contribution in [0.3, 0.4) is 0 Å². The summed E-state index contributed by atoms with van der Waals surface area (Å²) in [6.07, 6.45) is 3.43. The van der Waals surface area contributed by atoms with Gasteiger partial charge in [-0.1, -0.05) is 24.3 Å². The van der Waals surface area contributed by atoms with E-state index in [0.29, 0.717) is 18.1 Å². The number of carbonyl (C=O) groups excluding carboxylic acids is 1. The first-order chi connectivity index (χ1) is 12.8. The molecule has 0 aliphatic rings. The molecule has 4 rings (SSSR count). The van der Waals surface area contributed by atoms with Crippen LogP contribution in [0.1, 0.15) is 21.7 Å². The number of nitrogens with zero attached hydrogens (tertiary/aromatic N) is 1. The van der Waals surface area contributed by atoms with Crippen molar-refractivity contribution in [1.82, 2.24) is 10.3 Å². The molecule has 0 unspecified atom stereocenters. The van der Waals surface area contributed by atoms with Crippen molar-refractivity contribution in [2.75, 3.05) is 0 Å². The van der Waals surface area contributed by atoms with E-state index in [1.165, 1.54) is 4.21 Å². The van der Waals surface area contributed by atoms with Gasteiger partial charge in [0.1, 0.15) is 5.58 Å². The molecule has 0 radical (unpaired) electrons. The van der Waals surface area contributed by atoms with E-state index < -0.39 is 0 Å². The third-order valence-corrected chi connectivity index (χ3v) is 6.12. The molecule has 4 nitrogen and oxygen atoms in total. The molecule has 0 spiro atoms. The summed E-state index contributed by atoms with van der Waals surface area (Å²) in [6.45, 7) is 0.440. The third kappa shape index (κ3) is 3.66. The lowest BCUT2D eigenvalue weighted by Crippen LogP contribution is -2.23.